The molecule has 2 aromatic heterocycles. The summed E-state index contributed by atoms with van der Waals surface area (Å²) in [6.07, 6.45) is 3.35. The number of carbonyl (C=O) groups is 2. The number of benzene rings is 1. The van der Waals surface area contributed by atoms with Gasteiger partial charge in [-0.05, 0) is 55.8 Å². The molecule has 0 unspecified atom stereocenters. The molecular formula is C23H25N5O3S. The molecule has 0 aliphatic carbocycles. The number of thioether (sulfide) groups is 1. The molecule has 3 rings (SSSR count). The van der Waals surface area contributed by atoms with Crippen LogP contribution in [0.5, 0.6) is 5.75 Å². The van der Waals surface area contributed by atoms with Crippen LogP contribution in [0.1, 0.15) is 17.0 Å². The van der Waals surface area contributed by atoms with Crippen molar-refractivity contribution in [1.82, 2.24) is 19.9 Å². The van der Waals surface area contributed by atoms with Crippen LogP contribution in [-0.4, -0.2) is 51.1 Å². The predicted octanol–water partition coefficient (Wildman–Crippen LogP) is 3.26. The van der Waals surface area contributed by atoms with E-state index in [9.17, 15) is 9.59 Å². The van der Waals surface area contributed by atoms with Gasteiger partial charge in [0.1, 0.15) is 12.3 Å². The number of nitrogens with zero attached hydrogens (tertiary/aromatic N) is 4. The van der Waals surface area contributed by atoms with Gasteiger partial charge in [0, 0.05) is 36.0 Å². The Morgan fingerprint density at radius 1 is 1.09 bits per heavy atom. The summed E-state index contributed by atoms with van der Waals surface area (Å²) in [6, 6.07) is 12.6. The van der Waals surface area contributed by atoms with Gasteiger partial charge in [0.2, 0.25) is 11.8 Å². The number of amides is 2. The lowest BCUT2D eigenvalue weighted by Crippen LogP contribution is -2.38. The first-order valence-electron chi connectivity index (χ1n) is 9.98. The van der Waals surface area contributed by atoms with Crippen LogP contribution in [0.4, 0.5) is 5.69 Å². The van der Waals surface area contributed by atoms with Crippen LogP contribution in [0.25, 0.3) is 0 Å². The van der Waals surface area contributed by atoms with E-state index in [0.29, 0.717) is 16.6 Å². The molecule has 0 fully saturated rings. The van der Waals surface area contributed by atoms with E-state index in [4.69, 9.17) is 4.74 Å². The van der Waals surface area contributed by atoms with E-state index < -0.39 is 0 Å². The van der Waals surface area contributed by atoms with Gasteiger partial charge in [-0.25, -0.2) is 9.97 Å². The molecule has 8 nitrogen and oxygen atoms in total. The van der Waals surface area contributed by atoms with Gasteiger partial charge in [-0.2, -0.15) is 0 Å². The third-order valence-electron chi connectivity index (χ3n) is 4.44. The minimum Gasteiger partial charge on any atom is -0.497 e. The van der Waals surface area contributed by atoms with E-state index in [2.05, 4.69) is 20.3 Å². The minimum atomic E-state index is -0.292. The van der Waals surface area contributed by atoms with Gasteiger partial charge in [-0.1, -0.05) is 17.8 Å². The second-order valence-electron chi connectivity index (χ2n) is 7.11. The summed E-state index contributed by atoms with van der Waals surface area (Å²) >= 11 is 1.26. The fraction of sp³-hybridized carbons (Fsp3) is 0.261. The quantitative estimate of drug-likeness (QED) is 0.394. The molecule has 0 radical (unpaired) electrons. The predicted molar refractivity (Wildman–Crippen MR) is 124 cm³/mol. The lowest BCUT2D eigenvalue weighted by atomic mass is 10.2. The molecule has 0 atom stereocenters. The van der Waals surface area contributed by atoms with E-state index in [1.54, 1.807) is 49.8 Å². The minimum absolute atomic E-state index is 0.0893. The molecule has 32 heavy (non-hydrogen) atoms. The smallest absolute Gasteiger partial charge is 0.244 e. The third-order valence-corrected chi connectivity index (χ3v) is 5.28. The summed E-state index contributed by atoms with van der Waals surface area (Å²) in [5.74, 6) is 0.340. The zero-order chi connectivity index (χ0) is 22.9. The van der Waals surface area contributed by atoms with Crippen molar-refractivity contribution in [2.24, 2.45) is 0 Å². The Hall–Kier alpha value is -3.46. The number of nitrogens with one attached hydrogen (secondary N) is 1. The van der Waals surface area contributed by atoms with Crippen molar-refractivity contribution in [3.63, 3.8) is 0 Å². The lowest BCUT2D eigenvalue weighted by Gasteiger charge is -2.22. The van der Waals surface area contributed by atoms with Crippen LogP contribution in [0.3, 0.4) is 0 Å². The van der Waals surface area contributed by atoms with Crippen molar-refractivity contribution in [1.29, 1.82) is 0 Å². The average Bonchev–Trinajstić information content (AvgIpc) is 2.77. The Labute approximate surface area is 191 Å². The molecule has 9 heteroatoms. The largest absolute Gasteiger partial charge is 0.497 e. The zero-order valence-corrected chi connectivity index (χ0v) is 19.1. The third kappa shape index (κ3) is 7.05. The van der Waals surface area contributed by atoms with Gasteiger partial charge in [0.25, 0.3) is 0 Å². The summed E-state index contributed by atoms with van der Waals surface area (Å²) in [4.78, 5) is 40.0. The Morgan fingerprint density at radius 2 is 1.81 bits per heavy atom. The summed E-state index contributed by atoms with van der Waals surface area (Å²) in [7, 11) is 1.58. The fourth-order valence-corrected chi connectivity index (χ4v) is 3.82. The van der Waals surface area contributed by atoms with Crippen molar-refractivity contribution in [3.8, 4) is 5.75 Å². The zero-order valence-electron chi connectivity index (χ0n) is 18.2. The monoisotopic (exact) mass is 451 g/mol. The van der Waals surface area contributed by atoms with Crippen LogP contribution in [-0.2, 0) is 16.1 Å². The van der Waals surface area contributed by atoms with E-state index in [0.717, 1.165) is 17.0 Å². The second kappa shape index (κ2) is 11.2. The maximum absolute atomic E-state index is 13.0. The van der Waals surface area contributed by atoms with Crippen molar-refractivity contribution in [3.05, 3.63) is 71.8 Å². The number of pyridine rings is 1. The van der Waals surface area contributed by atoms with Gasteiger partial charge in [-0.3, -0.25) is 14.6 Å². The van der Waals surface area contributed by atoms with E-state index >= 15 is 0 Å². The van der Waals surface area contributed by atoms with Crippen LogP contribution in [0.15, 0.2) is 60.0 Å². The van der Waals surface area contributed by atoms with E-state index in [1.165, 1.54) is 16.7 Å². The van der Waals surface area contributed by atoms with Crippen LogP contribution < -0.4 is 10.1 Å². The highest BCUT2D eigenvalue weighted by atomic mass is 32.2. The van der Waals surface area contributed by atoms with Crippen molar-refractivity contribution >= 4 is 29.3 Å². The molecular weight excluding hydrogens is 426 g/mol. The molecule has 2 amide bonds. The number of hydrogen-bond acceptors (Lipinski definition) is 7. The number of aryl methyl sites for hydroxylation is 2. The van der Waals surface area contributed by atoms with Crippen LogP contribution in [0, 0.1) is 13.8 Å². The number of aromatic nitrogens is 3. The van der Waals surface area contributed by atoms with Gasteiger partial charge < -0.3 is 15.0 Å². The maximum Gasteiger partial charge on any atom is 0.244 e. The number of methoxy groups -OCH3 is 1. The topological polar surface area (TPSA) is 97.3 Å². The summed E-state index contributed by atoms with van der Waals surface area (Å²) in [5.41, 5.74) is 3.16. The fourth-order valence-electron chi connectivity index (χ4n) is 2.97. The number of hydrogen-bond donors (Lipinski definition) is 1. The molecule has 166 valence electrons. The molecule has 1 N–H and O–H groups in total. The van der Waals surface area contributed by atoms with E-state index in [1.807, 2.05) is 26.0 Å². The van der Waals surface area contributed by atoms with Crippen molar-refractivity contribution in [2.45, 2.75) is 25.5 Å². The molecule has 0 saturated heterocycles. The Kier molecular flexibility index (Phi) is 8.15. The second-order valence-corrected chi connectivity index (χ2v) is 8.05. The first-order valence-corrected chi connectivity index (χ1v) is 11.0. The van der Waals surface area contributed by atoms with Crippen molar-refractivity contribution in [2.75, 3.05) is 24.7 Å². The van der Waals surface area contributed by atoms with E-state index in [-0.39, 0.29) is 30.7 Å². The highest BCUT2D eigenvalue weighted by molar-refractivity contribution is 7.99. The Morgan fingerprint density at radius 3 is 2.44 bits per heavy atom. The molecule has 0 aliphatic heterocycles. The summed E-state index contributed by atoms with van der Waals surface area (Å²) in [6.45, 7) is 3.96. The van der Waals surface area contributed by atoms with Gasteiger partial charge in [0.15, 0.2) is 5.16 Å². The summed E-state index contributed by atoms with van der Waals surface area (Å²) < 4.78 is 5.13. The molecule has 0 spiro atoms. The standard InChI is InChI=1S/C23H25N5O3S/c1-16-11-17(2)26-23(25-16)32-15-22(30)28(13-18-5-4-10-24-12-18)14-21(29)27-19-6-8-20(31-3)9-7-19/h4-12H,13-15H2,1-3H3,(H,27,29). The molecule has 2 heterocycles. The molecule has 3 aromatic rings. The van der Waals surface area contributed by atoms with Gasteiger partial charge >= 0.3 is 0 Å². The number of carbonyl (C=O) groups excluding carboxylic acids is 2. The Bertz CT molecular complexity index is 1040. The molecule has 0 bridgehead atoms. The van der Waals surface area contributed by atoms with Crippen LogP contribution >= 0.6 is 11.8 Å². The first kappa shape index (κ1) is 23.2. The number of rotatable bonds is 9. The molecule has 1 aromatic carbocycles. The SMILES string of the molecule is COc1ccc(NC(=O)CN(Cc2cccnc2)C(=O)CSc2nc(C)cc(C)n2)cc1. The van der Waals surface area contributed by atoms with Crippen molar-refractivity contribution < 1.29 is 14.3 Å². The molecule has 0 aliphatic rings. The highest BCUT2D eigenvalue weighted by Gasteiger charge is 2.19. The first-order chi connectivity index (χ1) is 15.4. The summed E-state index contributed by atoms with van der Waals surface area (Å²) in [5, 5.41) is 3.36. The lowest BCUT2D eigenvalue weighted by molar-refractivity contribution is -0.132. The van der Waals surface area contributed by atoms with Gasteiger partial charge in [-0.15, -0.1) is 0 Å². The van der Waals surface area contributed by atoms with Crippen LogP contribution in [0.2, 0.25) is 0 Å². The molecule has 0 saturated carbocycles. The number of ether oxygens (including phenoxy) is 1. The highest BCUT2D eigenvalue weighted by Crippen LogP contribution is 2.17. The number of anilines is 1. The maximum atomic E-state index is 13.0. The Balaban J connectivity index is 1.67. The average molecular weight is 452 g/mol. The van der Waals surface area contributed by atoms with Gasteiger partial charge in [0.05, 0.1) is 12.9 Å². The normalized spacial score (nSPS) is 10.5.